The van der Waals surface area contributed by atoms with Gasteiger partial charge in [-0.1, -0.05) is 11.3 Å². The largest absolute Gasteiger partial charge is 1.00 e. The van der Waals surface area contributed by atoms with Crippen molar-refractivity contribution < 1.29 is 17.0 Å². The van der Waals surface area contributed by atoms with E-state index in [0.29, 0.717) is 5.13 Å². The Morgan fingerprint density at radius 3 is 2.50 bits per heavy atom. The van der Waals surface area contributed by atoms with Crippen molar-refractivity contribution in [3.05, 3.63) is 9.98 Å². The lowest BCUT2D eigenvalue weighted by Gasteiger charge is -1.69. The molecule has 1 rings (SSSR count). The zero-order valence-electron chi connectivity index (χ0n) is 3.77. The topological polar surface area (TPSA) is 38.9 Å². The first-order chi connectivity index (χ1) is 3.29. The molecule has 0 unspecified atom stereocenters. The van der Waals surface area contributed by atoms with Crippen molar-refractivity contribution in [2.24, 2.45) is 0 Å². The van der Waals surface area contributed by atoms with E-state index in [-0.39, 0.29) is 17.0 Å². The molecule has 2 N–H and O–H groups in total. The van der Waals surface area contributed by atoms with Crippen molar-refractivity contribution in [1.29, 1.82) is 0 Å². The van der Waals surface area contributed by atoms with Gasteiger partial charge in [-0.05, 0) is 15.9 Å². The van der Waals surface area contributed by atoms with Crippen LogP contribution >= 0.6 is 27.3 Å². The molecule has 0 saturated heterocycles. The third-order valence-electron chi connectivity index (χ3n) is 0.495. The fourth-order valence-electron chi connectivity index (χ4n) is 0.267. The maximum Gasteiger partial charge on any atom is 0.181 e. The number of nitrogens with zero attached hydrogens (tertiary/aromatic N) is 1. The summed E-state index contributed by atoms with van der Waals surface area (Å²) in [6.07, 6.45) is 1.68. The first-order valence-electron chi connectivity index (χ1n) is 1.66. The van der Waals surface area contributed by atoms with Crippen molar-refractivity contribution in [3.8, 4) is 0 Å². The van der Waals surface area contributed by atoms with Gasteiger partial charge in [0, 0.05) is 0 Å². The monoisotopic (exact) mass is 257 g/mol. The molecule has 0 aliphatic heterocycles. The van der Waals surface area contributed by atoms with Gasteiger partial charge in [-0.2, -0.15) is 0 Å². The Labute approximate surface area is 70.0 Å². The maximum absolute atomic E-state index is 5.26. The highest BCUT2D eigenvalue weighted by Gasteiger charge is 1.88. The van der Waals surface area contributed by atoms with Crippen LogP contribution in [-0.2, 0) is 0 Å². The molecule has 0 fully saturated rings. The minimum absolute atomic E-state index is 0. The number of hydrogen-bond donors (Lipinski definition) is 1. The molecule has 46 valence electrons. The second kappa shape index (κ2) is 3.42. The van der Waals surface area contributed by atoms with Crippen molar-refractivity contribution >= 4 is 32.4 Å². The Bertz CT molecular complexity index is 148. The highest BCUT2D eigenvalue weighted by atomic mass is 79.9. The summed E-state index contributed by atoms with van der Waals surface area (Å²) in [7, 11) is 0. The molecule has 0 spiro atoms. The maximum atomic E-state index is 5.26. The molecule has 0 atom stereocenters. The van der Waals surface area contributed by atoms with Crippen LogP contribution in [0, 0.1) is 0 Å². The molecule has 5 heteroatoms. The summed E-state index contributed by atoms with van der Waals surface area (Å²) in [6.45, 7) is 0. The number of halogens is 2. The lowest BCUT2D eigenvalue weighted by atomic mass is 11.0. The summed E-state index contributed by atoms with van der Waals surface area (Å²) >= 11 is 4.63. The fourth-order valence-corrected chi connectivity index (χ4v) is 1.28. The van der Waals surface area contributed by atoms with Crippen molar-refractivity contribution in [2.75, 3.05) is 5.73 Å². The quantitative estimate of drug-likeness (QED) is 0.615. The molecule has 1 heterocycles. The zero-order valence-corrected chi connectivity index (χ0v) is 7.75. The van der Waals surface area contributed by atoms with Crippen LogP contribution in [0.15, 0.2) is 9.98 Å². The van der Waals surface area contributed by atoms with E-state index in [9.17, 15) is 0 Å². The summed E-state index contributed by atoms with van der Waals surface area (Å²) in [6, 6.07) is 0. The van der Waals surface area contributed by atoms with Gasteiger partial charge in [0.2, 0.25) is 0 Å². The van der Waals surface area contributed by atoms with E-state index in [1.807, 2.05) is 0 Å². The summed E-state index contributed by atoms with van der Waals surface area (Å²) in [5, 5.41) is 0.604. The number of aromatic nitrogens is 1. The number of anilines is 1. The SMILES string of the molecule is Nc1ncc(Br)s1.[Br-]. The Morgan fingerprint density at radius 1 is 1.75 bits per heavy atom. The lowest BCUT2D eigenvalue weighted by molar-refractivity contribution is -0.00000134. The molecule has 0 aromatic carbocycles. The van der Waals surface area contributed by atoms with Crippen LogP contribution in [-0.4, -0.2) is 4.98 Å². The first kappa shape index (κ1) is 8.39. The van der Waals surface area contributed by atoms with Crippen LogP contribution in [0.4, 0.5) is 5.13 Å². The van der Waals surface area contributed by atoms with Crippen LogP contribution in [0.5, 0.6) is 0 Å². The molecule has 0 bridgehead atoms. The van der Waals surface area contributed by atoms with E-state index in [1.165, 1.54) is 11.3 Å². The summed E-state index contributed by atoms with van der Waals surface area (Å²) in [5.41, 5.74) is 5.26. The van der Waals surface area contributed by atoms with Crippen LogP contribution in [0.2, 0.25) is 0 Å². The van der Waals surface area contributed by atoms with Crippen LogP contribution in [0.25, 0.3) is 0 Å². The highest BCUT2D eigenvalue weighted by Crippen LogP contribution is 2.19. The van der Waals surface area contributed by atoms with Gasteiger partial charge in [0.25, 0.3) is 0 Å². The summed E-state index contributed by atoms with van der Waals surface area (Å²) < 4.78 is 0.977. The average molecular weight is 259 g/mol. The molecule has 0 aliphatic carbocycles. The second-order valence-electron chi connectivity index (χ2n) is 1.00. The Hall–Kier alpha value is 0.390. The van der Waals surface area contributed by atoms with Gasteiger partial charge in [-0.3, -0.25) is 0 Å². The predicted molar refractivity (Wildman–Crippen MR) is 34.2 cm³/mol. The van der Waals surface area contributed by atoms with Gasteiger partial charge in [0.1, 0.15) is 0 Å². The van der Waals surface area contributed by atoms with E-state index in [4.69, 9.17) is 5.73 Å². The molecule has 1 aromatic rings. The molecular weight excluding hydrogens is 256 g/mol. The molecule has 0 radical (unpaired) electrons. The van der Waals surface area contributed by atoms with Crippen molar-refractivity contribution in [3.63, 3.8) is 0 Å². The molecular formula is C3H3Br2N2S-. The van der Waals surface area contributed by atoms with E-state index in [2.05, 4.69) is 20.9 Å². The van der Waals surface area contributed by atoms with Gasteiger partial charge in [-0.15, -0.1) is 0 Å². The van der Waals surface area contributed by atoms with E-state index < -0.39 is 0 Å². The van der Waals surface area contributed by atoms with Gasteiger partial charge in [0.15, 0.2) is 5.13 Å². The number of nitrogens with two attached hydrogens (primary N) is 1. The molecule has 0 saturated carbocycles. The van der Waals surface area contributed by atoms with E-state index in [0.717, 1.165) is 3.79 Å². The standard InChI is InChI=1S/C3H3BrN2S.BrH/c4-2-1-6-3(5)7-2;/h1H,(H2,5,6);1H/p-1. The Kier molecular flexibility index (Phi) is 3.59. The van der Waals surface area contributed by atoms with Gasteiger partial charge in [0.05, 0.1) is 9.98 Å². The number of hydrogen-bond acceptors (Lipinski definition) is 3. The highest BCUT2D eigenvalue weighted by molar-refractivity contribution is 9.11. The lowest BCUT2D eigenvalue weighted by Crippen LogP contribution is -3.00. The van der Waals surface area contributed by atoms with Crippen LogP contribution < -0.4 is 22.7 Å². The number of nitrogen functional groups attached to an aromatic ring is 1. The third kappa shape index (κ3) is 2.11. The second-order valence-corrected chi connectivity index (χ2v) is 3.44. The average Bonchev–Trinajstić information content (AvgIpc) is 1.87. The minimum Gasteiger partial charge on any atom is -1.00 e. The summed E-state index contributed by atoms with van der Waals surface area (Å²) in [5.74, 6) is 0. The number of rotatable bonds is 0. The molecule has 0 amide bonds. The van der Waals surface area contributed by atoms with E-state index in [1.54, 1.807) is 6.20 Å². The fraction of sp³-hybridized carbons (Fsp3) is 0. The minimum atomic E-state index is 0. The smallest absolute Gasteiger partial charge is 0.181 e. The van der Waals surface area contributed by atoms with Gasteiger partial charge < -0.3 is 22.7 Å². The zero-order chi connectivity index (χ0) is 5.28. The summed E-state index contributed by atoms with van der Waals surface area (Å²) in [4.78, 5) is 3.77. The number of thiazole rings is 1. The Morgan fingerprint density at radius 2 is 2.38 bits per heavy atom. The molecule has 8 heavy (non-hydrogen) atoms. The molecule has 0 aliphatic rings. The predicted octanol–water partition coefficient (Wildman–Crippen LogP) is -1.51. The normalized spacial score (nSPS) is 8.12. The van der Waals surface area contributed by atoms with Crippen molar-refractivity contribution in [2.45, 2.75) is 0 Å². The van der Waals surface area contributed by atoms with E-state index >= 15 is 0 Å². The van der Waals surface area contributed by atoms with Gasteiger partial charge >= 0.3 is 0 Å². The van der Waals surface area contributed by atoms with Crippen LogP contribution in [0.1, 0.15) is 0 Å². The third-order valence-corrected chi connectivity index (χ3v) is 1.80. The van der Waals surface area contributed by atoms with Crippen molar-refractivity contribution in [1.82, 2.24) is 4.98 Å². The Balaban J connectivity index is 0.000000490. The van der Waals surface area contributed by atoms with Gasteiger partial charge in [-0.25, -0.2) is 4.98 Å². The first-order valence-corrected chi connectivity index (χ1v) is 3.27. The molecule has 2 nitrogen and oxygen atoms in total. The van der Waals surface area contributed by atoms with Crippen LogP contribution in [0.3, 0.4) is 0 Å². The molecule has 1 aromatic heterocycles.